The van der Waals surface area contributed by atoms with E-state index in [1.54, 1.807) is 7.11 Å². The van der Waals surface area contributed by atoms with Gasteiger partial charge in [0.1, 0.15) is 0 Å². The first kappa shape index (κ1) is 12.3. The summed E-state index contributed by atoms with van der Waals surface area (Å²) in [6.45, 7) is 8.14. The highest BCUT2D eigenvalue weighted by Crippen LogP contribution is 2.19. The summed E-state index contributed by atoms with van der Waals surface area (Å²) in [7, 11) is 1.76. The highest BCUT2D eigenvalue weighted by Gasteiger charge is 2.26. The van der Waals surface area contributed by atoms with Crippen LogP contribution in [0.2, 0.25) is 0 Å². The predicted octanol–water partition coefficient (Wildman–Crippen LogP) is 1.07. The highest BCUT2D eigenvalue weighted by atomic mass is 16.5. The number of piperidine rings is 1. The molecule has 2 unspecified atom stereocenters. The first-order valence-electron chi connectivity index (χ1n) is 5.65. The topological polar surface area (TPSA) is 50.9 Å². The molecule has 0 bridgehead atoms. The Morgan fingerprint density at radius 2 is 2.20 bits per heavy atom. The monoisotopic (exact) mass is 213 g/mol. The molecule has 0 aromatic rings. The van der Waals surface area contributed by atoms with Crippen molar-refractivity contribution in [2.45, 2.75) is 39.3 Å². The number of ether oxygens (including phenoxy) is 1. The summed E-state index contributed by atoms with van der Waals surface area (Å²) < 4.78 is 5.44. The summed E-state index contributed by atoms with van der Waals surface area (Å²) >= 11 is 0. The fourth-order valence-electron chi connectivity index (χ4n) is 1.89. The fraction of sp³-hybridized carbons (Fsp3) is 0.909. The second-order valence-electron chi connectivity index (χ2n) is 4.57. The molecule has 0 saturated carbocycles. The van der Waals surface area contributed by atoms with Gasteiger partial charge in [0.25, 0.3) is 0 Å². The van der Waals surface area contributed by atoms with Gasteiger partial charge in [-0.1, -0.05) is 6.92 Å². The molecular formula is C11H23N3O. The average molecular weight is 213 g/mol. The van der Waals surface area contributed by atoms with Crippen molar-refractivity contribution in [1.82, 2.24) is 4.90 Å². The molecule has 1 aliphatic rings. The zero-order chi connectivity index (χ0) is 11.4. The van der Waals surface area contributed by atoms with Gasteiger partial charge in [-0.15, -0.1) is 0 Å². The lowest BCUT2D eigenvalue weighted by Crippen LogP contribution is -2.49. The van der Waals surface area contributed by atoms with Crippen LogP contribution in [0.1, 0.15) is 27.2 Å². The second-order valence-corrected chi connectivity index (χ2v) is 4.57. The Morgan fingerprint density at radius 1 is 1.53 bits per heavy atom. The number of methoxy groups -OCH3 is 1. The first-order valence-corrected chi connectivity index (χ1v) is 5.65. The predicted molar refractivity (Wildman–Crippen MR) is 62.9 cm³/mol. The molecule has 1 rings (SSSR count). The highest BCUT2D eigenvalue weighted by molar-refractivity contribution is 5.78. The Hall–Kier alpha value is -0.770. The van der Waals surface area contributed by atoms with Crippen molar-refractivity contribution in [3.05, 3.63) is 0 Å². The van der Waals surface area contributed by atoms with Gasteiger partial charge in [-0.2, -0.15) is 0 Å². The number of nitrogens with two attached hydrogens (primary N) is 1. The number of guanidine groups is 1. The molecule has 0 amide bonds. The molecule has 0 aliphatic carbocycles. The summed E-state index contributed by atoms with van der Waals surface area (Å²) in [5, 5.41) is 0. The van der Waals surface area contributed by atoms with Crippen LogP contribution < -0.4 is 5.73 Å². The third-order valence-corrected chi connectivity index (χ3v) is 2.91. The molecule has 2 atom stereocenters. The Kier molecular flexibility index (Phi) is 4.39. The van der Waals surface area contributed by atoms with Crippen molar-refractivity contribution in [2.24, 2.45) is 16.6 Å². The van der Waals surface area contributed by atoms with E-state index in [4.69, 9.17) is 10.5 Å². The van der Waals surface area contributed by atoms with Gasteiger partial charge in [0.05, 0.1) is 6.10 Å². The van der Waals surface area contributed by atoms with E-state index in [2.05, 4.69) is 16.8 Å². The maximum absolute atomic E-state index is 5.93. The zero-order valence-electron chi connectivity index (χ0n) is 10.2. The van der Waals surface area contributed by atoms with E-state index in [0.717, 1.165) is 19.5 Å². The van der Waals surface area contributed by atoms with Crippen molar-refractivity contribution in [3.63, 3.8) is 0 Å². The number of rotatable bonds is 2. The van der Waals surface area contributed by atoms with E-state index < -0.39 is 0 Å². The standard InChI is InChI=1S/C11H23N3O/c1-8(2)13-11(12)14-6-5-9(3)10(7-14)15-4/h8-10H,5-7H2,1-4H3,(H2,12,13). The maximum atomic E-state index is 5.93. The maximum Gasteiger partial charge on any atom is 0.191 e. The van der Waals surface area contributed by atoms with Crippen LogP contribution in [0.4, 0.5) is 0 Å². The first-order chi connectivity index (χ1) is 7.04. The van der Waals surface area contributed by atoms with Crippen LogP contribution in [0.5, 0.6) is 0 Å². The minimum Gasteiger partial charge on any atom is -0.379 e. The van der Waals surface area contributed by atoms with Crippen molar-refractivity contribution >= 4 is 5.96 Å². The van der Waals surface area contributed by atoms with E-state index in [-0.39, 0.29) is 12.1 Å². The molecule has 0 spiro atoms. The molecule has 1 heterocycles. The third-order valence-electron chi connectivity index (χ3n) is 2.91. The second kappa shape index (κ2) is 5.35. The number of hydrogen-bond acceptors (Lipinski definition) is 2. The summed E-state index contributed by atoms with van der Waals surface area (Å²) in [6.07, 6.45) is 1.40. The zero-order valence-corrected chi connectivity index (χ0v) is 10.2. The summed E-state index contributed by atoms with van der Waals surface area (Å²) in [6, 6.07) is 0.255. The molecule has 88 valence electrons. The van der Waals surface area contributed by atoms with Crippen molar-refractivity contribution in [3.8, 4) is 0 Å². The van der Waals surface area contributed by atoms with Crippen molar-refractivity contribution in [1.29, 1.82) is 0 Å². The fourth-order valence-corrected chi connectivity index (χ4v) is 1.89. The van der Waals surface area contributed by atoms with Gasteiger partial charge in [-0.05, 0) is 26.2 Å². The van der Waals surface area contributed by atoms with E-state index in [1.807, 2.05) is 13.8 Å². The molecule has 15 heavy (non-hydrogen) atoms. The number of aliphatic imine (C=N–C) groups is 1. The van der Waals surface area contributed by atoms with E-state index in [9.17, 15) is 0 Å². The van der Waals surface area contributed by atoms with Gasteiger partial charge in [0, 0.05) is 26.2 Å². The van der Waals surface area contributed by atoms with E-state index >= 15 is 0 Å². The molecule has 4 heteroatoms. The number of nitrogens with zero attached hydrogens (tertiary/aromatic N) is 2. The van der Waals surface area contributed by atoms with E-state index in [0.29, 0.717) is 11.9 Å². The number of hydrogen-bond donors (Lipinski definition) is 1. The van der Waals surface area contributed by atoms with Gasteiger partial charge in [0.15, 0.2) is 5.96 Å². The van der Waals surface area contributed by atoms with Gasteiger partial charge in [-0.3, -0.25) is 4.99 Å². The Labute approximate surface area is 92.5 Å². The molecule has 1 aliphatic heterocycles. The smallest absolute Gasteiger partial charge is 0.191 e. The van der Waals surface area contributed by atoms with Crippen LogP contribution >= 0.6 is 0 Å². The van der Waals surface area contributed by atoms with Crippen LogP contribution in [0.25, 0.3) is 0 Å². The van der Waals surface area contributed by atoms with Gasteiger partial charge < -0.3 is 15.4 Å². The van der Waals surface area contributed by atoms with Gasteiger partial charge in [0.2, 0.25) is 0 Å². The Bertz CT molecular complexity index is 228. The Morgan fingerprint density at radius 3 is 2.73 bits per heavy atom. The van der Waals surface area contributed by atoms with Crippen molar-refractivity contribution < 1.29 is 4.74 Å². The molecule has 0 radical (unpaired) electrons. The molecule has 0 aromatic carbocycles. The van der Waals surface area contributed by atoms with Gasteiger partial charge in [-0.25, -0.2) is 0 Å². The lowest BCUT2D eigenvalue weighted by Gasteiger charge is -2.36. The van der Waals surface area contributed by atoms with Crippen molar-refractivity contribution in [2.75, 3.05) is 20.2 Å². The summed E-state index contributed by atoms with van der Waals surface area (Å²) in [5.41, 5.74) is 5.93. The summed E-state index contributed by atoms with van der Waals surface area (Å²) in [4.78, 5) is 6.48. The van der Waals surface area contributed by atoms with Crippen LogP contribution in [0.3, 0.4) is 0 Å². The number of likely N-dealkylation sites (tertiary alicyclic amines) is 1. The minimum atomic E-state index is 0.255. The summed E-state index contributed by atoms with van der Waals surface area (Å²) in [5.74, 6) is 1.26. The van der Waals surface area contributed by atoms with Crippen LogP contribution in [-0.2, 0) is 4.74 Å². The molecular weight excluding hydrogens is 190 g/mol. The molecule has 0 aromatic heterocycles. The third kappa shape index (κ3) is 3.38. The van der Waals surface area contributed by atoms with Gasteiger partial charge >= 0.3 is 0 Å². The largest absolute Gasteiger partial charge is 0.379 e. The quantitative estimate of drug-likeness (QED) is 0.551. The molecule has 1 fully saturated rings. The molecule has 2 N–H and O–H groups in total. The Balaban J connectivity index is 2.58. The van der Waals surface area contributed by atoms with Crippen LogP contribution in [0, 0.1) is 5.92 Å². The van der Waals surface area contributed by atoms with Crippen LogP contribution in [-0.4, -0.2) is 43.2 Å². The average Bonchev–Trinajstić information content (AvgIpc) is 2.17. The minimum absolute atomic E-state index is 0.255. The van der Waals surface area contributed by atoms with Crippen LogP contribution in [0.15, 0.2) is 4.99 Å². The van der Waals surface area contributed by atoms with E-state index in [1.165, 1.54) is 0 Å². The normalized spacial score (nSPS) is 28.6. The molecule has 4 nitrogen and oxygen atoms in total. The SMILES string of the molecule is COC1CN(C(N)=NC(C)C)CCC1C. The molecule has 1 saturated heterocycles. The lowest BCUT2D eigenvalue weighted by molar-refractivity contribution is 0.0145. The lowest BCUT2D eigenvalue weighted by atomic mass is 9.96.